The molecule has 396 valence electrons. The lowest BCUT2D eigenvalue weighted by molar-refractivity contribution is -0.164. The number of carbonyl (C=O) groups excluding carboxylic acids is 4. The van der Waals surface area contributed by atoms with Crippen molar-refractivity contribution >= 4 is 52.4 Å². The number of anilines is 1. The van der Waals surface area contributed by atoms with Crippen LogP contribution in [0.2, 0.25) is 5.02 Å². The van der Waals surface area contributed by atoms with Gasteiger partial charge in [-0.1, -0.05) is 84.3 Å². The predicted molar refractivity (Wildman–Crippen MR) is 288 cm³/mol. The van der Waals surface area contributed by atoms with E-state index in [1.54, 1.807) is 35.7 Å². The summed E-state index contributed by atoms with van der Waals surface area (Å²) >= 11 is 7.85. The number of aliphatic hydroxyl groups excluding tert-OH is 1. The minimum absolute atomic E-state index is 0.0138. The number of aliphatic hydroxyl groups is 1. The number of nitrogens with zero attached hydrogens (tertiary/aromatic N) is 7. The number of halogens is 1. The summed E-state index contributed by atoms with van der Waals surface area (Å²) in [6.45, 7) is 24.0. The van der Waals surface area contributed by atoms with Crippen LogP contribution in [-0.4, -0.2) is 143 Å². The van der Waals surface area contributed by atoms with Crippen molar-refractivity contribution in [2.45, 2.75) is 118 Å². The summed E-state index contributed by atoms with van der Waals surface area (Å²) in [5.74, 6) is 0.815. The van der Waals surface area contributed by atoms with Crippen molar-refractivity contribution in [3.8, 4) is 22.3 Å². The van der Waals surface area contributed by atoms with Crippen LogP contribution in [0.3, 0.4) is 0 Å². The highest BCUT2D eigenvalue weighted by molar-refractivity contribution is 7.13. The zero-order chi connectivity index (χ0) is 53.3. The van der Waals surface area contributed by atoms with E-state index in [0.717, 1.165) is 86.2 Å². The van der Waals surface area contributed by atoms with Gasteiger partial charge in [0, 0.05) is 81.4 Å². The van der Waals surface area contributed by atoms with Crippen molar-refractivity contribution in [1.29, 1.82) is 5.26 Å². The van der Waals surface area contributed by atoms with Gasteiger partial charge in [0.05, 0.1) is 50.9 Å². The fraction of sp³-hybridized carbons (Fsp3) is 0.554. The Hall–Kier alpha value is -5.64. The predicted octanol–water partition coefficient (Wildman–Crippen LogP) is 6.85. The third kappa shape index (κ3) is 12.1. The molecular formula is C56H73ClN10O6S. The number of nitriles is 1. The minimum atomic E-state index is -0.896. The summed E-state index contributed by atoms with van der Waals surface area (Å²) in [6, 6.07) is 16.7. The molecule has 3 saturated heterocycles. The molecule has 2 aromatic heterocycles. The average Bonchev–Trinajstić information content (AvgIpc) is 4.13. The van der Waals surface area contributed by atoms with Crippen LogP contribution in [0, 0.1) is 40.4 Å². The second-order valence-electron chi connectivity index (χ2n) is 23.1. The van der Waals surface area contributed by atoms with E-state index in [9.17, 15) is 29.5 Å². The Balaban J connectivity index is 0.756. The molecule has 5 atom stereocenters. The van der Waals surface area contributed by atoms with Crippen molar-refractivity contribution in [3.63, 3.8) is 0 Å². The van der Waals surface area contributed by atoms with E-state index in [1.807, 2.05) is 76.5 Å². The molecular weight excluding hydrogens is 976 g/mol. The molecule has 18 heteroatoms. The fourth-order valence-electron chi connectivity index (χ4n) is 11.8. The van der Waals surface area contributed by atoms with Crippen LogP contribution in [0.25, 0.3) is 10.4 Å². The Kier molecular flexibility index (Phi) is 16.5. The number of amides is 4. The van der Waals surface area contributed by atoms with Crippen LogP contribution in [0.4, 0.5) is 5.82 Å². The van der Waals surface area contributed by atoms with Gasteiger partial charge < -0.3 is 40.5 Å². The molecule has 1 aliphatic carbocycles. The molecule has 4 amide bonds. The molecule has 1 saturated carbocycles. The van der Waals surface area contributed by atoms with Crippen molar-refractivity contribution in [3.05, 3.63) is 93.7 Å². The summed E-state index contributed by atoms with van der Waals surface area (Å²) in [6.07, 6.45) is 2.83. The molecule has 4 fully saturated rings. The van der Waals surface area contributed by atoms with Crippen LogP contribution in [0.1, 0.15) is 108 Å². The highest BCUT2D eigenvalue weighted by Crippen LogP contribution is 2.55. The third-order valence-electron chi connectivity index (χ3n) is 15.8. The maximum atomic E-state index is 14.3. The Morgan fingerprint density at radius 2 is 1.65 bits per heavy atom. The van der Waals surface area contributed by atoms with Gasteiger partial charge in [0.1, 0.15) is 35.8 Å². The van der Waals surface area contributed by atoms with Gasteiger partial charge in [-0.15, -0.1) is 11.3 Å². The maximum absolute atomic E-state index is 14.3. The first-order valence-electron chi connectivity index (χ1n) is 25.9. The van der Waals surface area contributed by atoms with E-state index in [1.165, 1.54) is 4.90 Å². The summed E-state index contributed by atoms with van der Waals surface area (Å²) in [4.78, 5) is 73.7. The zero-order valence-electron chi connectivity index (χ0n) is 44.3. The molecule has 4 aromatic rings. The number of hydrogen-bond acceptors (Lipinski definition) is 13. The highest BCUT2D eigenvalue weighted by atomic mass is 35.5. The van der Waals surface area contributed by atoms with Gasteiger partial charge in [-0.05, 0) is 80.0 Å². The van der Waals surface area contributed by atoms with E-state index in [-0.39, 0.29) is 72.2 Å². The number of aromatic nitrogens is 2. The SMILES string of the molecule is Cc1ncsc1-c1ccc([C@H](C)NC(=O)[C@H]2C[C@@H](O)CN2C(=O)[C@@H](NC(=O)CN2CCN(CCC3CCN(c4ccc(C(=O)N[C@H]5C(C)(C)[C@H](Oc6ccc(C#N)c(Cl)c6)C5(C)C)cn4)C3)CC2)C(C)(C)C)cc1. The van der Waals surface area contributed by atoms with E-state index in [2.05, 4.69) is 69.4 Å². The zero-order valence-corrected chi connectivity index (χ0v) is 45.9. The molecule has 0 spiro atoms. The Bertz CT molecular complexity index is 2700. The normalized spacial score (nSPS) is 23.6. The number of likely N-dealkylation sites (tertiary alicyclic amines) is 1. The number of carbonyl (C=O) groups is 4. The van der Waals surface area contributed by atoms with E-state index in [4.69, 9.17) is 21.3 Å². The van der Waals surface area contributed by atoms with E-state index in [0.29, 0.717) is 27.8 Å². The first-order chi connectivity index (χ1) is 35.0. The van der Waals surface area contributed by atoms with Gasteiger partial charge >= 0.3 is 0 Å². The quantitative estimate of drug-likeness (QED) is 0.0913. The second kappa shape index (κ2) is 22.3. The van der Waals surface area contributed by atoms with Gasteiger partial charge in [-0.25, -0.2) is 9.97 Å². The molecule has 0 radical (unpaired) electrons. The lowest BCUT2D eigenvalue weighted by atomic mass is 9.49. The van der Waals surface area contributed by atoms with Crippen molar-refractivity contribution in [2.24, 2.45) is 22.2 Å². The molecule has 4 N–H and O–H groups in total. The molecule has 16 nitrogen and oxygen atoms in total. The van der Waals surface area contributed by atoms with Crippen LogP contribution < -0.4 is 25.6 Å². The van der Waals surface area contributed by atoms with Crippen LogP contribution >= 0.6 is 22.9 Å². The number of pyridine rings is 1. The molecule has 4 aliphatic rings. The van der Waals surface area contributed by atoms with E-state index >= 15 is 0 Å². The van der Waals surface area contributed by atoms with Gasteiger partial charge in [0.2, 0.25) is 17.7 Å². The largest absolute Gasteiger partial charge is 0.489 e. The number of thiazole rings is 1. The third-order valence-corrected chi connectivity index (χ3v) is 17.1. The monoisotopic (exact) mass is 1050 g/mol. The van der Waals surface area contributed by atoms with Gasteiger partial charge in [0.15, 0.2) is 0 Å². The Morgan fingerprint density at radius 3 is 2.27 bits per heavy atom. The lowest BCUT2D eigenvalue weighted by Gasteiger charge is -2.63. The number of hydrogen-bond donors (Lipinski definition) is 4. The van der Waals surface area contributed by atoms with Crippen molar-refractivity contribution < 1.29 is 29.0 Å². The maximum Gasteiger partial charge on any atom is 0.253 e. The smallest absolute Gasteiger partial charge is 0.253 e. The highest BCUT2D eigenvalue weighted by Gasteiger charge is 2.64. The Morgan fingerprint density at radius 1 is 0.946 bits per heavy atom. The summed E-state index contributed by atoms with van der Waals surface area (Å²) in [7, 11) is 0. The Labute approximate surface area is 445 Å². The van der Waals surface area contributed by atoms with Crippen LogP contribution in [-0.2, 0) is 14.4 Å². The summed E-state index contributed by atoms with van der Waals surface area (Å²) < 4.78 is 6.39. The number of aryl methyl sites for hydroxylation is 1. The molecule has 1 unspecified atom stereocenters. The number of benzene rings is 2. The molecule has 0 bridgehead atoms. The summed E-state index contributed by atoms with van der Waals surface area (Å²) in [5, 5.41) is 29.7. The lowest BCUT2D eigenvalue weighted by Crippen LogP contribution is -2.74. The van der Waals surface area contributed by atoms with Crippen LogP contribution in [0.15, 0.2) is 66.3 Å². The number of ether oxygens (including phenoxy) is 1. The topological polar surface area (TPSA) is 196 Å². The molecule has 74 heavy (non-hydrogen) atoms. The first-order valence-corrected chi connectivity index (χ1v) is 27.2. The number of piperazine rings is 1. The first kappa shape index (κ1) is 54.6. The van der Waals surface area contributed by atoms with Crippen LogP contribution in [0.5, 0.6) is 5.75 Å². The fourth-order valence-corrected chi connectivity index (χ4v) is 12.8. The summed E-state index contributed by atoms with van der Waals surface area (Å²) in [5.41, 5.74) is 4.25. The molecule has 8 rings (SSSR count). The van der Waals surface area contributed by atoms with E-state index < -0.39 is 23.6 Å². The average molecular weight is 1050 g/mol. The van der Waals surface area contributed by atoms with Crippen molar-refractivity contribution in [2.75, 3.05) is 63.8 Å². The van der Waals surface area contributed by atoms with Gasteiger partial charge in [0.25, 0.3) is 5.91 Å². The number of rotatable bonds is 16. The second-order valence-corrected chi connectivity index (χ2v) is 24.4. The molecule has 2 aromatic carbocycles. The van der Waals surface area contributed by atoms with Gasteiger partial charge in [-0.2, -0.15) is 5.26 Å². The standard InChI is InChI=1S/C56H73ClN10O6S/c1-34(37-10-12-38(13-11-37)47-35(2)60-33-74-47)61-50(71)44-26-41(68)31-67(44)51(72)48(54(3,4)5)62-46(69)32-65-24-22-64(23-25-65)20-18-36-19-21-66(30-36)45-17-15-40(29-59-45)49(70)63-52-55(6,7)53(56(52,8)9)73-42-16-14-39(28-58)43(57)27-42/h10-17,27,29,33-34,36,41,44,48,52-53,68H,18-26,30-32H2,1-9H3,(H,61,71)(H,62,69)(H,63,70)/t34-,36?,41+,44+,48+,52-,53-/m0/s1. The molecule has 5 heterocycles. The number of β-amino-alcohol motifs (C(OH)–C–C–N with tert-alkyl or cyclic N) is 1. The molecule has 3 aliphatic heterocycles. The van der Waals surface area contributed by atoms with Crippen molar-refractivity contribution in [1.82, 2.24) is 40.6 Å². The van der Waals surface area contributed by atoms with Gasteiger partial charge in [-0.3, -0.25) is 24.1 Å². The number of nitrogens with one attached hydrogen (secondary N) is 3. The minimum Gasteiger partial charge on any atom is -0.489 e.